The van der Waals surface area contributed by atoms with Crippen LogP contribution < -0.4 is 5.32 Å². The Labute approximate surface area is 60.7 Å². The molecule has 2 aliphatic rings. The summed E-state index contributed by atoms with van der Waals surface area (Å²) in [6.45, 7) is 2.81. The molecule has 2 heterocycles. The van der Waals surface area contributed by atoms with Crippen LogP contribution in [0.3, 0.4) is 0 Å². The second-order valence-corrected chi connectivity index (χ2v) is 2.38. The summed E-state index contributed by atoms with van der Waals surface area (Å²) < 4.78 is 5.40. The highest BCUT2D eigenvalue weighted by Gasteiger charge is 2.37. The van der Waals surface area contributed by atoms with Crippen LogP contribution in [-0.4, -0.2) is 25.3 Å². The van der Waals surface area contributed by atoms with E-state index in [1.807, 2.05) is 0 Å². The van der Waals surface area contributed by atoms with Crippen LogP contribution in [0.2, 0.25) is 0 Å². The normalized spacial score (nSPS) is 27.6. The van der Waals surface area contributed by atoms with Crippen molar-refractivity contribution in [2.45, 2.75) is 5.60 Å². The second kappa shape index (κ2) is 2.29. The second-order valence-electron chi connectivity index (χ2n) is 2.38. The summed E-state index contributed by atoms with van der Waals surface area (Å²) in [5.74, 6) is 0. The molecule has 0 aromatic rings. The zero-order valence-electron chi connectivity index (χ0n) is 5.09. The van der Waals surface area contributed by atoms with Crippen molar-refractivity contribution in [3.05, 3.63) is 12.2 Å². The van der Waals surface area contributed by atoms with Crippen molar-refractivity contribution in [2.75, 3.05) is 19.7 Å². The molecular weight excluding hydrogens is 138 g/mol. The maximum Gasteiger partial charge on any atom is 0.111 e. The van der Waals surface area contributed by atoms with Crippen LogP contribution in [0.1, 0.15) is 0 Å². The Morgan fingerprint density at radius 3 is 2.44 bits per heavy atom. The average molecular weight is 148 g/mol. The first-order valence-corrected chi connectivity index (χ1v) is 2.94. The first-order chi connectivity index (χ1) is 3.91. The van der Waals surface area contributed by atoms with E-state index in [1.165, 1.54) is 0 Å². The quantitative estimate of drug-likeness (QED) is 0.499. The van der Waals surface area contributed by atoms with Gasteiger partial charge >= 0.3 is 0 Å². The van der Waals surface area contributed by atoms with Gasteiger partial charge in [0.15, 0.2) is 0 Å². The first-order valence-electron chi connectivity index (χ1n) is 2.94. The molecule has 2 rings (SSSR count). The van der Waals surface area contributed by atoms with Crippen molar-refractivity contribution in [3.63, 3.8) is 0 Å². The van der Waals surface area contributed by atoms with Gasteiger partial charge in [-0.1, -0.05) is 12.2 Å². The van der Waals surface area contributed by atoms with Crippen LogP contribution in [0.25, 0.3) is 0 Å². The molecule has 1 N–H and O–H groups in total. The van der Waals surface area contributed by atoms with Crippen LogP contribution in [0.15, 0.2) is 12.2 Å². The Balaban J connectivity index is 0.000000405. The van der Waals surface area contributed by atoms with Gasteiger partial charge in [0.25, 0.3) is 0 Å². The van der Waals surface area contributed by atoms with E-state index < -0.39 is 0 Å². The van der Waals surface area contributed by atoms with E-state index in [0.717, 1.165) is 19.7 Å². The van der Waals surface area contributed by atoms with Crippen LogP contribution in [0.4, 0.5) is 0 Å². The molecule has 0 amide bonds. The highest BCUT2D eigenvalue weighted by molar-refractivity contribution is 5.85. The lowest BCUT2D eigenvalue weighted by Crippen LogP contribution is -2.58. The summed E-state index contributed by atoms with van der Waals surface area (Å²) in [5, 5.41) is 3.17. The predicted molar refractivity (Wildman–Crippen MR) is 37.9 cm³/mol. The molecule has 2 nitrogen and oxygen atoms in total. The number of nitrogens with one attached hydrogen (secondary N) is 1. The minimum atomic E-state index is 0. The molecule has 0 atom stereocenters. The third-order valence-corrected chi connectivity index (χ3v) is 1.74. The lowest BCUT2D eigenvalue weighted by atomic mass is 9.98. The Bertz CT molecular complexity index is 131. The molecule has 0 aliphatic carbocycles. The maximum absolute atomic E-state index is 5.40. The fraction of sp³-hybridized carbons (Fsp3) is 0.667. The number of hydrogen-bond donors (Lipinski definition) is 1. The van der Waals surface area contributed by atoms with E-state index >= 15 is 0 Å². The smallest absolute Gasteiger partial charge is 0.111 e. The molecule has 0 aromatic heterocycles. The Kier molecular flexibility index (Phi) is 1.80. The average Bonchev–Trinajstić information content (AvgIpc) is 2.07. The van der Waals surface area contributed by atoms with E-state index in [2.05, 4.69) is 17.5 Å². The SMILES string of the molecule is C1=CC2(CNC2)OC1.Cl. The van der Waals surface area contributed by atoms with Crippen molar-refractivity contribution >= 4 is 12.4 Å². The summed E-state index contributed by atoms with van der Waals surface area (Å²) in [5.41, 5.74) is 0.125. The molecule has 0 bridgehead atoms. The highest BCUT2D eigenvalue weighted by atomic mass is 35.5. The van der Waals surface area contributed by atoms with E-state index in [0.29, 0.717) is 0 Å². The zero-order chi connectivity index (χ0) is 5.45. The van der Waals surface area contributed by atoms with Gasteiger partial charge in [0.05, 0.1) is 6.61 Å². The maximum atomic E-state index is 5.40. The van der Waals surface area contributed by atoms with Gasteiger partial charge in [0.2, 0.25) is 0 Å². The molecule has 9 heavy (non-hydrogen) atoms. The lowest BCUT2D eigenvalue weighted by Gasteiger charge is -2.36. The minimum Gasteiger partial charge on any atom is -0.364 e. The number of ether oxygens (including phenoxy) is 1. The molecule has 2 aliphatic heterocycles. The van der Waals surface area contributed by atoms with Gasteiger partial charge in [0, 0.05) is 13.1 Å². The molecular formula is C6H10ClNO. The number of rotatable bonds is 0. The molecule has 1 fully saturated rings. The number of halogens is 1. The van der Waals surface area contributed by atoms with Gasteiger partial charge in [-0.2, -0.15) is 0 Å². The van der Waals surface area contributed by atoms with Crippen LogP contribution in [0.5, 0.6) is 0 Å². The molecule has 1 spiro atoms. The monoisotopic (exact) mass is 147 g/mol. The minimum absolute atomic E-state index is 0. The largest absolute Gasteiger partial charge is 0.364 e. The Morgan fingerprint density at radius 1 is 1.44 bits per heavy atom. The lowest BCUT2D eigenvalue weighted by molar-refractivity contribution is -0.0137. The van der Waals surface area contributed by atoms with Gasteiger partial charge in [-0.05, 0) is 0 Å². The van der Waals surface area contributed by atoms with Crippen molar-refractivity contribution < 1.29 is 4.74 Å². The third-order valence-electron chi connectivity index (χ3n) is 1.74. The molecule has 0 unspecified atom stereocenters. The standard InChI is InChI=1S/C6H9NO.ClH/c1-2-6(8-3-1)4-7-5-6;/h1-2,7H,3-5H2;1H. The summed E-state index contributed by atoms with van der Waals surface area (Å²) in [7, 11) is 0. The van der Waals surface area contributed by atoms with E-state index in [4.69, 9.17) is 4.74 Å². The van der Waals surface area contributed by atoms with Crippen molar-refractivity contribution in [1.82, 2.24) is 5.32 Å². The highest BCUT2D eigenvalue weighted by Crippen LogP contribution is 2.22. The Morgan fingerprint density at radius 2 is 2.22 bits per heavy atom. The van der Waals surface area contributed by atoms with Crippen molar-refractivity contribution in [2.24, 2.45) is 0 Å². The summed E-state index contributed by atoms with van der Waals surface area (Å²) in [6.07, 6.45) is 4.24. The Hall–Kier alpha value is -0.0500. The molecule has 0 saturated carbocycles. The summed E-state index contributed by atoms with van der Waals surface area (Å²) >= 11 is 0. The van der Waals surface area contributed by atoms with Gasteiger partial charge in [-0.15, -0.1) is 12.4 Å². The molecule has 0 aromatic carbocycles. The van der Waals surface area contributed by atoms with E-state index in [9.17, 15) is 0 Å². The summed E-state index contributed by atoms with van der Waals surface area (Å²) in [4.78, 5) is 0. The molecule has 1 saturated heterocycles. The van der Waals surface area contributed by atoms with Crippen molar-refractivity contribution in [1.29, 1.82) is 0 Å². The van der Waals surface area contributed by atoms with Gasteiger partial charge in [-0.25, -0.2) is 0 Å². The fourth-order valence-electron chi connectivity index (χ4n) is 1.12. The zero-order valence-corrected chi connectivity index (χ0v) is 5.91. The fourth-order valence-corrected chi connectivity index (χ4v) is 1.12. The van der Waals surface area contributed by atoms with Gasteiger partial charge in [-0.3, -0.25) is 0 Å². The van der Waals surface area contributed by atoms with Crippen molar-refractivity contribution in [3.8, 4) is 0 Å². The van der Waals surface area contributed by atoms with Crippen LogP contribution in [-0.2, 0) is 4.74 Å². The molecule has 52 valence electrons. The van der Waals surface area contributed by atoms with Gasteiger partial charge < -0.3 is 10.1 Å². The number of hydrogen-bond acceptors (Lipinski definition) is 2. The van der Waals surface area contributed by atoms with E-state index in [-0.39, 0.29) is 18.0 Å². The summed E-state index contributed by atoms with van der Waals surface area (Å²) in [6, 6.07) is 0. The third kappa shape index (κ3) is 0.980. The van der Waals surface area contributed by atoms with Crippen LogP contribution >= 0.6 is 12.4 Å². The predicted octanol–water partition coefficient (Wildman–Crippen LogP) is 0.337. The van der Waals surface area contributed by atoms with Gasteiger partial charge in [0.1, 0.15) is 5.60 Å². The first kappa shape index (κ1) is 7.06. The van der Waals surface area contributed by atoms with Crippen LogP contribution in [0, 0.1) is 0 Å². The topological polar surface area (TPSA) is 21.3 Å². The molecule has 3 heteroatoms. The van der Waals surface area contributed by atoms with E-state index in [1.54, 1.807) is 0 Å². The molecule has 0 radical (unpaired) electrons.